The third-order valence-electron chi connectivity index (χ3n) is 4.76. The lowest BCUT2D eigenvalue weighted by molar-refractivity contribution is -0.385. The standard InChI is InChI=1S/C16H23BrN2O2/c1-10(2)11-6-7-14(18)13(8-11)9-12-4-3-5-15(16(12)17)19(20)21/h3-5,10-11,13-14H,6-9,18H2,1-2H3. The zero-order chi connectivity index (χ0) is 15.6. The molecule has 1 saturated carbocycles. The molecule has 1 aliphatic rings. The highest BCUT2D eigenvalue weighted by atomic mass is 79.9. The maximum absolute atomic E-state index is 11.0. The second kappa shape index (κ2) is 6.88. The highest BCUT2D eigenvalue weighted by Crippen LogP contribution is 2.37. The zero-order valence-corrected chi connectivity index (χ0v) is 14.2. The second-order valence-corrected chi connectivity index (χ2v) is 7.25. The van der Waals surface area contributed by atoms with Crippen LogP contribution in [-0.4, -0.2) is 11.0 Å². The van der Waals surface area contributed by atoms with Crippen molar-refractivity contribution in [2.45, 2.75) is 45.6 Å². The van der Waals surface area contributed by atoms with Gasteiger partial charge in [0.2, 0.25) is 0 Å². The van der Waals surface area contributed by atoms with Crippen molar-refractivity contribution < 1.29 is 4.92 Å². The number of hydrogen-bond donors (Lipinski definition) is 1. The molecule has 1 fully saturated rings. The van der Waals surface area contributed by atoms with Gasteiger partial charge in [-0.3, -0.25) is 10.1 Å². The average molecular weight is 355 g/mol. The van der Waals surface area contributed by atoms with Crippen LogP contribution in [0.15, 0.2) is 22.7 Å². The predicted octanol–water partition coefficient (Wildman–Crippen LogP) is 4.30. The second-order valence-electron chi connectivity index (χ2n) is 6.45. The van der Waals surface area contributed by atoms with Crippen LogP contribution in [0.2, 0.25) is 0 Å². The summed E-state index contributed by atoms with van der Waals surface area (Å²) in [4.78, 5) is 10.7. The zero-order valence-electron chi connectivity index (χ0n) is 12.6. The fraction of sp³-hybridized carbons (Fsp3) is 0.625. The molecule has 21 heavy (non-hydrogen) atoms. The first-order valence-corrected chi connectivity index (χ1v) is 8.36. The molecule has 1 aromatic carbocycles. The molecule has 1 aromatic rings. The number of hydrogen-bond acceptors (Lipinski definition) is 3. The third-order valence-corrected chi connectivity index (χ3v) is 5.68. The van der Waals surface area contributed by atoms with E-state index in [1.54, 1.807) is 6.07 Å². The molecule has 0 radical (unpaired) electrons. The Kier molecular flexibility index (Phi) is 5.38. The third kappa shape index (κ3) is 3.83. The summed E-state index contributed by atoms with van der Waals surface area (Å²) in [6, 6.07) is 5.45. The molecule has 116 valence electrons. The highest BCUT2D eigenvalue weighted by Gasteiger charge is 2.30. The molecule has 3 atom stereocenters. The molecular weight excluding hydrogens is 332 g/mol. The van der Waals surface area contributed by atoms with E-state index in [4.69, 9.17) is 5.73 Å². The van der Waals surface area contributed by atoms with Gasteiger partial charge in [0.15, 0.2) is 0 Å². The van der Waals surface area contributed by atoms with Gasteiger partial charge in [-0.05, 0) is 64.9 Å². The molecule has 2 N–H and O–H groups in total. The number of nitro benzene ring substituents is 1. The normalized spacial score (nSPS) is 26.0. The summed E-state index contributed by atoms with van der Waals surface area (Å²) >= 11 is 3.39. The van der Waals surface area contributed by atoms with Crippen LogP contribution in [0.25, 0.3) is 0 Å². The van der Waals surface area contributed by atoms with Gasteiger partial charge in [0.1, 0.15) is 0 Å². The van der Waals surface area contributed by atoms with Crippen molar-refractivity contribution in [3.05, 3.63) is 38.3 Å². The van der Waals surface area contributed by atoms with Gasteiger partial charge in [0.25, 0.3) is 5.69 Å². The Hall–Kier alpha value is -0.940. The topological polar surface area (TPSA) is 69.2 Å². The molecule has 3 unspecified atom stereocenters. The van der Waals surface area contributed by atoms with E-state index in [2.05, 4.69) is 29.8 Å². The summed E-state index contributed by atoms with van der Waals surface area (Å²) in [6.45, 7) is 4.53. The Bertz CT molecular complexity index is 519. The monoisotopic (exact) mass is 354 g/mol. The number of nitrogens with zero attached hydrogens (tertiary/aromatic N) is 1. The van der Waals surface area contributed by atoms with Crippen molar-refractivity contribution >= 4 is 21.6 Å². The van der Waals surface area contributed by atoms with E-state index < -0.39 is 0 Å². The van der Waals surface area contributed by atoms with E-state index in [1.165, 1.54) is 12.5 Å². The van der Waals surface area contributed by atoms with Crippen molar-refractivity contribution in [3.63, 3.8) is 0 Å². The highest BCUT2D eigenvalue weighted by molar-refractivity contribution is 9.10. The number of halogens is 1. The van der Waals surface area contributed by atoms with Gasteiger partial charge in [0.05, 0.1) is 9.40 Å². The summed E-state index contributed by atoms with van der Waals surface area (Å²) in [5, 5.41) is 11.0. The minimum Gasteiger partial charge on any atom is -0.327 e. The average Bonchev–Trinajstić information content (AvgIpc) is 2.42. The molecule has 4 nitrogen and oxygen atoms in total. The van der Waals surface area contributed by atoms with Gasteiger partial charge in [-0.25, -0.2) is 0 Å². The summed E-state index contributed by atoms with van der Waals surface area (Å²) in [6.07, 6.45) is 4.19. The van der Waals surface area contributed by atoms with E-state index in [-0.39, 0.29) is 16.7 Å². The van der Waals surface area contributed by atoms with Crippen LogP contribution < -0.4 is 5.73 Å². The van der Waals surface area contributed by atoms with Crippen LogP contribution in [-0.2, 0) is 6.42 Å². The summed E-state index contributed by atoms with van der Waals surface area (Å²) in [7, 11) is 0. The molecule has 5 heteroatoms. The Morgan fingerprint density at radius 2 is 2.14 bits per heavy atom. The SMILES string of the molecule is CC(C)C1CCC(N)C(Cc2cccc([N+](=O)[O-])c2Br)C1. The number of benzene rings is 1. The van der Waals surface area contributed by atoms with Gasteiger partial charge in [-0.15, -0.1) is 0 Å². The molecule has 0 heterocycles. The lowest BCUT2D eigenvalue weighted by Crippen LogP contribution is -2.38. The quantitative estimate of drug-likeness (QED) is 0.647. The summed E-state index contributed by atoms with van der Waals surface area (Å²) in [5.41, 5.74) is 7.42. The molecule has 0 aromatic heterocycles. The van der Waals surface area contributed by atoms with E-state index in [0.29, 0.717) is 22.2 Å². The first-order chi connectivity index (χ1) is 9.90. The van der Waals surface area contributed by atoms with Gasteiger partial charge in [-0.1, -0.05) is 26.0 Å². The first kappa shape index (κ1) is 16.4. The number of nitro groups is 1. The van der Waals surface area contributed by atoms with E-state index in [0.717, 1.165) is 24.8 Å². The van der Waals surface area contributed by atoms with Crippen molar-refractivity contribution in [2.75, 3.05) is 0 Å². The molecular formula is C16H23BrN2O2. The van der Waals surface area contributed by atoms with Crippen molar-refractivity contribution in [2.24, 2.45) is 23.5 Å². The minimum atomic E-state index is -0.342. The fourth-order valence-corrected chi connectivity index (χ4v) is 3.88. The summed E-state index contributed by atoms with van der Waals surface area (Å²) in [5.74, 6) is 1.80. The van der Waals surface area contributed by atoms with Crippen molar-refractivity contribution in [1.82, 2.24) is 0 Å². The van der Waals surface area contributed by atoms with Crippen molar-refractivity contribution in [3.8, 4) is 0 Å². The molecule has 1 aliphatic carbocycles. The summed E-state index contributed by atoms with van der Waals surface area (Å²) < 4.78 is 0.605. The van der Waals surface area contributed by atoms with E-state index >= 15 is 0 Å². The Labute approximate surface area is 134 Å². The van der Waals surface area contributed by atoms with Crippen molar-refractivity contribution in [1.29, 1.82) is 0 Å². The van der Waals surface area contributed by atoms with Crippen LogP contribution in [0.4, 0.5) is 5.69 Å². The molecule has 0 bridgehead atoms. The molecule has 0 spiro atoms. The molecule has 0 aliphatic heterocycles. The fourth-order valence-electron chi connectivity index (χ4n) is 3.31. The Morgan fingerprint density at radius 3 is 2.76 bits per heavy atom. The Balaban J connectivity index is 2.17. The smallest absolute Gasteiger partial charge is 0.283 e. The van der Waals surface area contributed by atoms with Crippen LogP contribution in [0.1, 0.15) is 38.7 Å². The lowest BCUT2D eigenvalue weighted by atomic mass is 9.72. The largest absolute Gasteiger partial charge is 0.327 e. The van der Waals surface area contributed by atoms with Gasteiger partial charge >= 0.3 is 0 Å². The van der Waals surface area contributed by atoms with E-state index in [9.17, 15) is 10.1 Å². The maximum atomic E-state index is 11.0. The molecule has 0 amide bonds. The van der Waals surface area contributed by atoms with Crippen LogP contribution in [0.3, 0.4) is 0 Å². The maximum Gasteiger partial charge on any atom is 0.283 e. The van der Waals surface area contributed by atoms with Crippen LogP contribution >= 0.6 is 15.9 Å². The predicted molar refractivity (Wildman–Crippen MR) is 88.1 cm³/mol. The van der Waals surface area contributed by atoms with Gasteiger partial charge in [-0.2, -0.15) is 0 Å². The van der Waals surface area contributed by atoms with Crippen LogP contribution in [0.5, 0.6) is 0 Å². The van der Waals surface area contributed by atoms with Gasteiger partial charge < -0.3 is 5.73 Å². The molecule has 0 saturated heterocycles. The first-order valence-electron chi connectivity index (χ1n) is 7.57. The number of nitrogens with two attached hydrogens (primary N) is 1. The van der Waals surface area contributed by atoms with Gasteiger partial charge in [0, 0.05) is 12.1 Å². The molecule has 2 rings (SSSR count). The lowest BCUT2D eigenvalue weighted by Gasteiger charge is -2.36. The minimum absolute atomic E-state index is 0.136. The van der Waals surface area contributed by atoms with Crippen LogP contribution in [0, 0.1) is 27.9 Å². The number of rotatable bonds is 4. The van der Waals surface area contributed by atoms with E-state index in [1.807, 2.05) is 6.07 Å². The Morgan fingerprint density at radius 1 is 1.43 bits per heavy atom.